The molecule has 0 atom stereocenters. The molecule has 0 unspecified atom stereocenters. The van der Waals surface area contributed by atoms with Gasteiger partial charge in [-0.2, -0.15) is 0 Å². The zero-order valence-electron chi connectivity index (χ0n) is 5.86. The van der Waals surface area contributed by atoms with Crippen molar-refractivity contribution in [2.75, 3.05) is 0 Å². The molecule has 0 amide bonds. The summed E-state index contributed by atoms with van der Waals surface area (Å²) in [6.07, 6.45) is 0. The molecule has 54 valence electrons. The summed E-state index contributed by atoms with van der Waals surface area (Å²) in [6, 6.07) is 1.61. The van der Waals surface area contributed by atoms with Crippen molar-refractivity contribution in [1.29, 1.82) is 0 Å². The fourth-order valence-electron chi connectivity index (χ4n) is 0.832. The molecule has 10 heavy (non-hydrogen) atoms. The third-order valence-electron chi connectivity index (χ3n) is 1.28. The van der Waals surface area contributed by atoms with Crippen LogP contribution in [0.2, 0.25) is 0 Å². The maximum Gasteiger partial charge on any atom is 0.195 e. The van der Waals surface area contributed by atoms with Crippen LogP contribution < -0.4 is 5.43 Å². The summed E-state index contributed by atoms with van der Waals surface area (Å²) in [5, 5.41) is 0. The Bertz CT molecular complexity index is 303. The highest BCUT2D eigenvalue weighted by atomic mass is 127. The van der Waals surface area contributed by atoms with Gasteiger partial charge < -0.3 is 4.98 Å². The van der Waals surface area contributed by atoms with Crippen LogP contribution in [0.4, 0.5) is 0 Å². The number of aromatic amines is 1. The summed E-state index contributed by atoms with van der Waals surface area (Å²) < 4.78 is 0.781. The third-order valence-corrected chi connectivity index (χ3v) is 2.62. The van der Waals surface area contributed by atoms with E-state index in [1.807, 2.05) is 36.4 Å². The number of rotatable bonds is 0. The lowest BCUT2D eigenvalue weighted by molar-refractivity contribution is 1.09. The van der Waals surface area contributed by atoms with Crippen LogP contribution in [-0.4, -0.2) is 4.98 Å². The molecule has 0 saturated heterocycles. The van der Waals surface area contributed by atoms with Crippen molar-refractivity contribution in [3.05, 3.63) is 31.2 Å². The molecule has 0 aliphatic rings. The SMILES string of the molecule is Cc1cc(=O)c(I)c(C)[nH]1. The smallest absolute Gasteiger partial charge is 0.195 e. The van der Waals surface area contributed by atoms with Crippen LogP contribution in [0.3, 0.4) is 0 Å². The van der Waals surface area contributed by atoms with Gasteiger partial charge in [0.15, 0.2) is 5.43 Å². The third kappa shape index (κ3) is 1.39. The molecule has 1 rings (SSSR count). The second-order valence-corrected chi connectivity index (χ2v) is 3.33. The van der Waals surface area contributed by atoms with Gasteiger partial charge in [0, 0.05) is 17.5 Å². The number of halogens is 1. The number of H-pyrrole nitrogens is 1. The molecule has 1 N–H and O–H groups in total. The van der Waals surface area contributed by atoms with Crippen LogP contribution in [0.25, 0.3) is 0 Å². The quantitative estimate of drug-likeness (QED) is 0.696. The van der Waals surface area contributed by atoms with E-state index >= 15 is 0 Å². The summed E-state index contributed by atoms with van der Waals surface area (Å²) in [5.74, 6) is 0. The molecular formula is C7H8INO. The number of nitrogens with one attached hydrogen (secondary N) is 1. The summed E-state index contributed by atoms with van der Waals surface area (Å²) in [5.41, 5.74) is 1.97. The number of hydrogen-bond donors (Lipinski definition) is 1. The summed E-state index contributed by atoms with van der Waals surface area (Å²) in [7, 11) is 0. The second-order valence-electron chi connectivity index (χ2n) is 2.26. The van der Waals surface area contributed by atoms with Crippen LogP contribution in [0.15, 0.2) is 10.9 Å². The highest BCUT2D eigenvalue weighted by molar-refractivity contribution is 14.1. The highest BCUT2D eigenvalue weighted by Gasteiger charge is 1.98. The maximum absolute atomic E-state index is 11.0. The molecular weight excluding hydrogens is 241 g/mol. The molecule has 0 aromatic carbocycles. The molecule has 2 nitrogen and oxygen atoms in total. The van der Waals surface area contributed by atoms with E-state index in [4.69, 9.17) is 0 Å². The van der Waals surface area contributed by atoms with Crippen LogP contribution in [0.5, 0.6) is 0 Å². The first kappa shape index (κ1) is 7.78. The minimum atomic E-state index is 0.106. The predicted molar refractivity (Wildman–Crippen MR) is 49.3 cm³/mol. The molecule has 0 fully saturated rings. The van der Waals surface area contributed by atoms with Gasteiger partial charge in [-0.1, -0.05) is 0 Å². The predicted octanol–water partition coefficient (Wildman–Crippen LogP) is 1.60. The molecule has 1 aromatic heterocycles. The fraction of sp³-hybridized carbons (Fsp3) is 0.286. The van der Waals surface area contributed by atoms with Crippen molar-refractivity contribution in [1.82, 2.24) is 4.98 Å². The van der Waals surface area contributed by atoms with E-state index in [0.717, 1.165) is 15.0 Å². The average molecular weight is 249 g/mol. The Morgan fingerprint density at radius 2 is 2.10 bits per heavy atom. The molecule has 0 bridgehead atoms. The Balaban J connectivity index is 3.46. The van der Waals surface area contributed by atoms with Crippen molar-refractivity contribution in [2.24, 2.45) is 0 Å². The lowest BCUT2D eigenvalue weighted by Crippen LogP contribution is -2.08. The standard InChI is InChI=1S/C7H8INO/c1-4-3-6(10)7(8)5(2)9-4/h3H,1-2H3,(H,9,10). The Hall–Kier alpha value is -0.320. The van der Waals surface area contributed by atoms with Crippen molar-refractivity contribution < 1.29 is 0 Å². The number of aromatic nitrogens is 1. The largest absolute Gasteiger partial charge is 0.362 e. The summed E-state index contributed by atoms with van der Waals surface area (Å²) >= 11 is 2.04. The van der Waals surface area contributed by atoms with Gasteiger partial charge in [-0.05, 0) is 36.4 Å². The molecule has 1 heterocycles. The van der Waals surface area contributed by atoms with E-state index < -0.39 is 0 Å². The first-order valence-corrected chi connectivity index (χ1v) is 4.05. The minimum absolute atomic E-state index is 0.106. The zero-order valence-corrected chi connectivity index (χ0v) is 8.02. The Labute approximate surface area is 72.8 Å². The molecule has 3 heteroatoms. The van der Waals surface area contributed by atoms with E-state index in [-0.39, 0.29) is 5.43 Å². The van der Waals surface area contributed by atoms with E-state index in [2.05, 4.69) is 4.98 Å². The Morgan fingerprint density at radius 1 is 1.50 bits per heavy atom. The topological polar surface area (TPSA) is 32.9 Å². The first-order valence-electron chi connectivity index (χ1n) is 2.97. The van der Waals surface area contributed by atoms with Crippen molar-refractivity contribution in [3.8, 4) is 0 Å². The monoisotopic (exact) mass is 249 g/mol. The highest BCUT2D eigenvalue weighted by Crippen LogP contribution is 2.02. The van der Waals surface area contributed by atoms with E-state index in [1.54, 1.807) is 6.07 Å². The zero-order chi connectivity index (χ0) is 7.72. The number of aryl methyl sites for hydroxylation is 2. The van der Waals surface area contributed by atoms with Gasteiger partial charge in [0.25, 0.3) is 0 Å². The lowest BCUT2D eigenvalue weighted by atomic mass is 10.3. The fourth-order valence-corrected chi connectivity index (χ4v) is 1.12. The van der Waals surface area contributed by atoms with Crippen molar-refractivity contribution >= 4 is 22.6 Å². The van der Waals surface area contributed by atoms with Crippen LogP contribution in [0, 0.1) is 17.4 Å². The molecule has 0 aliphatic heterocycles. The summed E-state index contributed by atoms with van der Waals surface area (Å²) in [4.78, 5) is 14.1. The van der Waals surface area contributed by atoms with Crippen LogP contribution in [0.1, 0.15) is 11.4 Å². The maximum atomic E-state index is 11.0. The van der Waals surface area contributed by atoms with Crippen LogP contribution in [-0.2, 0) is 0 Å². The van der Waals surface area contributed by atoms with E-state index in [0.29, 0.717) is 0 Å². The molecule has 0 spiro atoms. The van der Waals surface area contributed by atoms with Gasteiger partial charge >= 0.3 is 0 Å². The number of hydrogen-bond acceptors (Lipinski definition) is 1. The Kier molecular flexibility index (Phi) is 2.13. The van der Waals surface area contributed by atoms with Crippen molar-refractivity contribution in [3.63, 3.8) is 0 Å². The minimum Gasteiger partial charge on any atom is -0.362 e. The van der Waals surface area contributed by atoms with Gasteiger partial charge in [0.05, 0.1) is 3.57 Å². The first-order chi connectivity index (χ1) is 4.61. The lowest BCUT2D eigenvalue weighted by Gasteiger charge is -1.97. The van der Waals surface area contributed by atoms with Gasteiger partial charge in [0.1, 0.15) is 0 Å². The summed E-state index contributed by atoms with van der Waals surface area (Å²) in [6.45, 7) is 3.78. The van der Waals surface area contributed by atoms with E-state index in [9.17, 15) is 4.79 Å². The average Bonchev–Trinajstić information content (AvgIpc) is 1.82. The molecule has 1 aromatic rings. The second kappa shape index (κ2) is 2.74. The number of pyridine rings is 1. The molecule has 0 aliphatic carbocycles. The van der Waals surface area contributed by atoms with Gasteiger partial charge in [-0.15, -0.1) is 0 Å². The Morgan fingerprint density at radius 3 is 2.60 bits per heavy atom. The molecule has 0 saturated carbocycles. The van der Waals surface area contributed by atoms with Crippen molar-refractivity contribution in [2.45, 2.75) is 13.8 Å². The van der Waals surface area contributed by atoms with Crippen LogP contribution >= 0.6 is 22.6 Å². The van der Waals surface area contributed by atoms with Gasteiger partial charge in [-0.3, -0.25) is 4.79 Å². The van der Waals surface area contributed by atoms with Gasteiger partial charge in [0.2, 0.25) is 0 Å². The van der Waals surface area contributed by atoms with Gasteiger partial charge in [-0.25, -0.2) is 0 Å². The molecule has 0 radical (unpaired) electrons. The normalized spacial score (nSPS) is 9.90. The van der Waals surface area contributed by atoms with E-state index in [1.165, 1.54) is 0 Å².